The van der Waals surface area contributed by atoms with Crippen LogP contribution < -0.4 is 10.5 Å². The van der Waals surface area contributed by atoms with Crippen molar-refractivity contribution in [3.63, 3.8) is 0 Å². The number of carbonyl (C=O) groups is 1. The third kappa shape index (κ3) is 5.12. The minimum Gasteiger partial charge on any atom is -0.325 e. The van der Waals surface area contributed by atoms with Gasteiger partial charge in [-0.3, -0.25) is 4.79 Å². The number of amides is 1. The van der Waals surface area contributed by atoms with Gasteiger partial charge in [0.15, 0.2) is 0 Å². The first-order valence-electron chi connectivity index (χ1n) is 8.18. The molecular formula is C18H17N5O3S2. The van der Waals surface area contributed by atoms with Gasteiger partial charge in [-0.25, -0.2) is 18.5 Å². The molecule has 0 saturated carbocycles. The molecule has 0 bridgehead atoms. The third-order valence-corrected chi connectivity index (χ3v) is 5.61. The lowest BCUT2D eigenvalue weighted by Crippen LogP contribution is -2.22. The average Bonchev–Trinajstić information content (AvgIpc) is 2.69. The summed E-state index contributed by atoms with van der Waals surface area (Å²) in [5.41, 5.74) is 2.02. The Hall–Kier alpha value is -2.82. The standard InChI is InChI=1S/C18H17N5O3S2/c1-12(17(24)21-14-7-9-15(10-8-14)28(19,25)26)27-18-20-11-16(22-23-18)13-5-3-2-4-6-13/h2-12H,1H3,(H,21,24)(H2,19,25,26)/t12-/m0/s1. The van der Waals surface area contributed by atoms with Crippen molar-refractivity contribution in [1.29, 1.82) is 0 Å². The summed E-state index contributed by atoms with van der Waals surface area (Å²) < 4.78 is 22.5. The van der Waals surface area contributed by atoms with Crippen molar-refractivity contribution in [2.24, 2.45) is 5.14 Å². The molecule has 144 valence electrons. The van der Waals surface area contributed by atoms with Gasteiger partial charge in [-0.1, -0.05) is 42.1 Å². The molecule has 10 heteroatoms. The number of anilines is 1. The highest BCUT2D eigenvalue weighted by molar-refractivity contribution is 8.00. The molecule has 0 fully saturated rings. The molecule has 2 aromatic carbocycles. The number of nitrogens with one attached hydrogen (secondary N) is 1. The summed E-state index contributed by atoms with van der Waals surface area (Å²) in [7, 11) is -3.77. The topological polar surface area (TPSA) is 128 Å². The molecule has 0 radical (unpaired) electrons. The van der Waals surface area contributed by atoms with Crippen LogP contribution in [0.3, 0.4) is 0 Å². The van der Waals surface area contributed by atoms with Crippen molar-refractivity contribution in [1.82, 2.24) is 15.2 Å². The molecule has 3 rings (SSSR count). The Morgan fingerprint density at radius 2 is 1.75 bits per heavy atom. The Morgan fingerprint density at radius 1 is 1.07 bits per heavy atom. The maximum atomic E-state index is 12.3. The molecule has 28 heavy (non-hydrogen) atoms. The van der Waals surface area contributed by atoms with Gasteiger partial charge in [0.2, 0.25) is 21.1 Å². The van der Waals surface area contributed by atoms with Gasteiger partial charge in [0.1, 0.15) is 5.69 Å². The summed E-state index contributed by atoms with van der Waals surface area (Å²) in [6.45, 7) is 1.72. The van der Waals surface area contributed by atoms with Crippen LogP contribution in [-0.2, 0) is 14.8 Å². The summed E-state index contributed by atoms with van der Waals surface area (Å²) in [6, 6.07) is 15.2. The molecule has 3 aromatic rings. The van der Waals surface area contributed by atoms with Gasteiger partial charge in [0.05, 0.1) is 16.3 Å². The van der Waals surface area contributed by atoms with Gasteiger partial charge < -0.3 is 5.32 Å². The molecule has 0 saturated heterocycles. The number of hydrogen-bond donors (Lipinski definition) is 2. The first kappa shape index (κ1) is 19.9. The minimum atomic E-state index is -3.77. The Balaban J connectivity index is 1.61. The highest BCUT2D eigenvalue weighted by Crippen LogP contribution is 2.22. The fraction of sp³-hybridized carbons (Fsp3) is 0.111. The van der Waals surface area contributed by atoms with Crippen molar-refractivity contribution >= 4 is 33.4 Å². The van der Waals surface area contributed by atoms with E-state index in [2.05, 4.69) is 20.5 Å². The lowest BCUT2D eigenvalue weighted by atomic mass is 10.2. The van der Waals surface area contributed by atoms with Gasteiger partial charge in [0, 0.05) is 11.3 Å². The molecule has 1 aromatic heterocycles. The molecular weight excluding hydrogens is 398 g/mol. The van der Waals surface area contributed by atoms with Crippen molar-refractivity contribution in [3.05, 3.63) is 60.8 Å². The molecule has 0 aliphatic carbocycles. The van der Waals surface area contributed by atoms with E-state index in [1.807, 2.05) is 30.3 Å². The molecule has 1 amide bonds. The van der Waals surface area contributed by atoms with Crippen molar-refractivity contribution in [2.45, 2.75) is 22.2 Å². The largest absolute Gasteiger partial charge is 0.325 e. The monoisotopic (exact) mass is 415 g/mol. The predicted molar refractivity (Wildman–Crippen MR) is 107 cm³/mol. The minimum absolute atomic E-state index is 0.0223. The highest BCUT2D eigenvalue weighted by atomic mass is 32.2. The maximum Gasteiger partial charge on any atom is 0.238 e. The van der Waals surface area contributed by atoms with Gasteiger partial charge in [-0.05, 0) is 31.2 Å². The van der Waals surface area contributed by atoms with Crippen LogP contribution in [0, 0.1) is 0 Å². The van der Waals surface area contributed by atoms with E-state index in [9.17, 15) is 13.2 Å². The fourth-order valence-electron chi connectivity index (χ4n) is 2.24. The lowest BCUT2D eigenvalue weighted by Gasteiger charge is -2.11. The highest BCUT2D eigenvalue weighted by Gasteiger charge is 2.17. The Bertz CT molecular complexity index is 1060. The van der Waals surface area contributed by atoms with E-state index in [1.165, 1.54) is 36.0 Å². The summed E-state index contributed by atoms with van der Waals surface area (Å²) in [4.78, 5) is 16.6. The summed E-state index contributed by atoms with van der Waals surface area (Å²) in [5, 5.41) is 15.9. The van der Waals surface area contributed by atoms with E-state index in [-0.39, 0.29) is 10.8 Å². The number of benzene rings is 2. The molecule has 0 aliphatic rings. The number of nitrogens with zero attached hydrogens (tertiary/aromatic N) is 3. The molecule has 1 heterocycles. The van der Waals surface area contributed by atoms with Crippen LogP contribution in [0.15, 0.2) is 70.8 Å². The molecule has 3 N–H and O–H groups in total. The summed E-state index contributed by atoms with van der Waals surface area (Å²) >= 11 is 1.17. The van der Waals surface area contributed by atoms with Crippen molar-refractivity contribution < 1.29 is 13.2 Å². The zero-order valence-electron chi connectivity index (χ0n) is 14.8. The number of thioether (sulfide) groups is 1. The first-order valence-corrected chi connectivity index (χ1v) is 10.6. The number of hydrogen-bond acceptors (Lipinski definition) is 7. The summed E-state index contributed by atoms with van der Waals surface area (Å²) in [6.07, 6.45) is 1.61. The van der Waals surface area contributed by atoms with Crippen LogP contribution in [0.4, 0.5) is 5.69 Å². The number of nitrogens with two attached hydrogens (primary N) is 1. The van der Waals surface area contributed by atoms with E-state index >= 15 is 0 Å². The summed E-state index contributed by atoms with van der Waals surface area (Å²) in [5.74, 6) is -0.274. The normalized spacial score (nSPS) is 12.4. The zero-order valence-corrected chi connectivity index (χ0v) is 16.4. The smallest absolute Gasteiger partial charge is 0.238 e. The average molecular weight is 416 g/mol. The zero-order chi connectivity index (χ0) is 20.1. The Kier molecular flexibility index (Phi) is 6.02. The van der Waals surface area contributed by atoms with Crippen LogP contribution in [0.25, 0.3) is 11.3 Å². The Labute approximate surface area is 166 Å². The quantitative estimate of drug-likeness (QED) is 0.591. The second-order valence-corrected chi connectivity index (χ2v) is 8.68. The van der Waals surface area contributed by atoms with Crippen LogP contribution in [0.5, 0.6) is 0 Å². The number of sulfonamides is 1. The first-order chi connectivity index (χ1) is 13.3. The molecule has 1 atom stereocenters. The van der Waals surface area contributed by atoms with Gasteiger partial charge in [-0.2, -0.15) is 0 Å². The molecule has 0 aliphatic heterocycles. The van der Waals surface area contributed by atoms with Gasteiger partial charge in [-0.15, -0.1) is 10.2 Å². The van der Waals surface area contributed by atoms with Crippen LogP contribution in [0.2, 0.25) is 0 Å². The lowest BCUT2D eigenvalue weighted by molar-refractivity contribution is -0.115. The van der Waals surface area contributed by atoms with Crippen LogP contribution in [-0.4, -0.2) is 34.8 Å². The number of primary sulfonamides is 1. The van der Waals surface area contributed by atoms with Gasteiger partial charge in [0.25, 0.3) is 0 Å². The SMILES string of the molecule is C[C@H](Sc1ncc(-c2ccccc2)nn1)C(=O)Nc1ccc(S(N)(=O)=O)cc1. The van der Waals surface area contributed by atoms with Crippen LogP contribution >= 0.6 is 11.8 Å². The second kappa shape index (κ2) is 8.46. The van der Waals surface area contributed by atoms with E-state index < -0.39 is 15.3 Å². The second-order valence-electron chi connectivity index (χ2n) is 5.81. The van der Waals surface area contributed by atoms with E-state index in [1.54, 1.807) is 13.1 Å². The number of carbonyl (C=O) groups excluding carboxylic acids is 1. The number of aromatic nitrogens is 3. The maximum absolute atomic E-state index is 12.3. The predicted octanol–water partition coefficient (Wildman–Crippen LogP) is 2.31. The van der Waals surface area contributed by atoms with Crippen molar-refractivity contribution in [3.8, 4) is 11.3 Å². The molecule has 8 nitrogen and oxygen atoms in total. The fourth-order valence-corrected chi connectivity index (χ4v) is 3.44. The van der Waals surface area contributed by atoms with Crippen LogP contribution in [0.1, 0.15) is 6.92 Å². The van der Waals surface area contributed by atoms with E-state index in [0.29, 0.717) is 16.5 Å². The van der Waals surface area contributed by atoms with E-state index in [4.69, 9.17) is 5.14 Å². The van der Waals surface area contributed by atoms with E-state index in [0.717, 1.165) is 5.56 Å². The van der Waals surface area contributed by atoms with Crippen molar-refractivity contribution in [2.75, 3.05) is 5.32 Å². The molecule has 0 spiro atoms. The number of rotatable bonds is 6. The Morgan fingerprint density at radius 3 is 2.32 bits per heavy atom. The van der Waals surface area contributed by atoms with Gasteiger partial charge >= 0.3 is 0 Å². The molecule has 0 unspecified atom stereocenters. The third-order valence-electron chi connectivity index (χ3n) is 3.71.